The Kier molecular flexibility index (Phi) is 3.56. The van der Waals surface area contributed by atoms with E-state index in [1.54, 1.807) is 25.1 Å². The fourth-order valence-electron chi connectivity index (χ4n) is 1.97. The van der Waals surface area contributed by atoms with Crippen LogP contribution in [0, 0.1) is 0 Å². The van der Waals surface area contributed by atoms with Gasteiger partial charge in [0.2, 0.25) is 10.0 Å². The van der Waals surface area contributed by atoms with Crippen LogP contribution in [0.3, 0.4) is 0 Å². The van der Waals surface area contributed by atoms with Crippen LogP contribution in [0.15, 0.2) is 18.2 Å². The van der Waals surface area contributed by atoms with Crippen molar-refractivity contribution in [2.24, 2.45) is 0 Å². The van der Waals surface area contributed by atoms with E-state index in [2.05, 4.69) is 10.0 Å². The molecule has 2 N–H and O–H groups in total. The van der Waals surface area contributed by atoms with E-state index < -0.39 is 10.0 Å². The number of sulfonamides is 1. The van der Waals surface area contributed by atoms with E-state index in [1.807, 2.05) is 0 Å². The lowest BCUT2D eigenvalue weighted by atomic mass is 10.00. The summed E-state index contributed by atoms with van der Waals surface area (Å²) in [7, 11) is -3.31. The van der Waals surface area contributed by atoms with E-state index in [-0.39, 0.29) is 11.7 Å². The lowest BCUT2D eigenvalue weighted by molar-refractivity contribution is 0.0946. The number of benzene rings is 1. The number of amides is 1. The van der Waals surface area contributed by atoms with Crippen molar-refractivity contribution in [2.45, 2.75) is 19.8 Å². The van der Waals surface area contributed by atoms with Crippen molar-refractivity contribution in [1.82, 2.24) is 5.32 Å². The molecule has 0 spiro atoms. The van der Waals surface area contributed by atoms with Gasteiger partial charge in [0.15, 0.2) is 0 Å². The van der Waals surface area contributed by atoms with Crippen molar-refractivity contribution in [3.05, 3.63) is 29.3 Å². The molecule has 1 heterocycles. The predicted molar refractivity (Wildman–Crippen MR) is 70.2 cm³/mol. The molecule has 1 aromatic carbocycles. The van der Waals surface area contributed by atoms with Crippen molar-refractivity contribution in [3.63, 3.8) is 0 Å². The van der Waals surface area contributed by atoms with Gasteiger partial charge in [-0.2, -0.15) is 0 Å². The number of fused-ring (bicyclic) bond motifs is 1. The van der Waals surface area contributed by atoms with E-state index >= 15 is 0 Å². The first-order valence-corrected chi connectivity index (χ1v) is 7.58. The van der Waals surface area contributed by atoms with E-state index in [1.165, 1.54) is 0 Å². The molecule has 0 aliphatic carbocycles. The average Bonchev–Trinajstić information content (AvgIpc) is 2.29. The molecular formula is C12H16N2O3S. The molecule has 0 unspecified atom stereocenters. The Balaban J connectivity index is 2.26. The van der Waals surface area contributed by atoms with Crippen LogP contribution < -0.4 is 10.0 Å². The molecule has 0 bridgehead atoms. The number of carbonyl (C=O) groups excluding carboxylic acids is 1. The Labute approximate surface area is 107 Å². The number of anilines is 1. The van der Waals surface area contributed by atoms with Gasteiger partial charge in [-0.25, -0.2) is 8.42 Å². The maximum Gasteiger partial charge on any atom is 0.251 e. The Morgan fingerprint density at radius 1 is 1.39 bits per heavy atom. The molecule has 5 nitrogen and oxygen atoms in total. The molecule has 0 atom stereocenters. The first-order valence-electron chi connectivity index (χ1n) is 5.93. The van der Waals surface area contributed by atoms with Crippen LogP contribution in [-0.2, 0) is 16.4 Å². The van der Waals surface area contributed by atoms with Gasteiger partial charge in [0.25, 0.3) is 5.91 Å². The van der Waals surface area contributed by atoms with E-state index in [0.29, 0.717) is 24.2 Å². The summed E-state index contributed by atoms with van der Waals surface area (Å²) in [4.78, 5) is 11.6. The van der Waals surface area contributed by atoms with Crippen LogP contribution in [0.25, 0.3) is 0 Å². The Bertz CT molecular complexity index is 567. The van der Waals surface area contributed by atoms with Crippen molar-refractivity contribution >= 4 is 21.6 Å². The van der Waals surface area contributed by atoms with Crippen LogP contribution >= 0.6 is 0 Å². The quantitative estimate of drug-likeness (QED) is 0.859. The smallest absolute Gasteiger partial charge is 0.251 e. The summed E-state index contributed by atoms with van der Waals surface area (Å²) in [6.45, 7) is 2.44. The normalized spacial score (nSPS) is 14.8. The topological polar surface area (TPSA) is 75.3 Å². The van der Waals surface area contributed by atoms with Crippen LogP contribution in [0.4, 0.5) is 5.69 Å². The summed E-state index contributed by atoms with van der Waals surface area (Å²) >= 11 is 0. The largest absolute Gasteiger partial charge is 0.352 e. The van der Waals surface area contributed by atoms with Gasteiger partial charge in [-0.3, -0.25) is 9.52 Å². The molecular weight excluding hydrogens is 252 g/mol. The molecule has 1 aliphatic rings. The highest BCUT2D eigenvalue weighted by Gasteiger charge is 2.18. The number of hydrogen-bond acceptors (Lipinski definition) is 3. The minimum Gasteiger partial charge on any atom is -0.352 e. The standard InChI is InChI=1S/C12H16N2O3S/c1-2-7-18(16,17)14-10-4-3-9-5-6-13-12(15)11(9)8-10/h3-4,8,14H,2,5-7H2,1H3,(H,13,15). The fraction of sp³-hybridized carbons (Fsp3) is 0.417. The van der Waals surface area contributed by atoms with Gasteiger partial charge in [0.1, 0.15) is 0 Å². The fourth-order valence-corrected chi connectivity index (χ4v) is 3.10. The van der Waals surface area contributed by atoms with E-state index in [4.69, 9.17) is 0 Å². The molecule has 1 aromatic rings. The Morgan fingerprint density at radius 2 is 2.17 bits per heavy atom. The number of rotatable bonds is 4. The minimum atomic E-state index is -3.31. The zero-order chi connectivity index (χ0) is 13.2. The van der Waals surface area contributed by atoms with Crippen LogP contribution in [0.2, 0.25) is 0 Å². The van der Waals surface area contributed by atoms with E-state index in [9.17, 15) is 13.2 Å². The highest BCUT2D eigenvalue weighted by molar-refractivity contribution is 7.92. The molecule has 2 rings (SSSR count). The number of nitrogens with one attached hydrogen (secondary N) is 2. The van der Waals surface area contributed by atoms with Gasteiger partial charge in [-0.05, 0) is 30.5 Å². The lowest BCUT2D eigenvalue weighted by Gasteiger charge is -2.17. The van der Waals surface area contributed by atoms with Crippen molar-refractivity contribution < 1.29 is 13.2 Å². The maximum atomic E-state index is 11.6. The van der Waals surface area contributed by atoms with Gasteiger partial charge in [0, 0.05) is 17.8 Å². The molecule has 1 aliphatic heterocycles. The second-order valence-electron chi connectivity index (χ2n) is 4.30. The Hall–Kier alpha value is -1.56. The second kappa shape index (κ2) is 4.97. The van der Waals surface area contributed by atoms with Crippen molar-refractivity contribution in [3.8, 4) is 0 Å². The molecule has 0 saturated carbocycles. The molecule has 18 heavy (non-hydrogen) atoms. The SMILES string of the molecule is CCCS(=O)(=O)Nc1ccc2c(c1)C(=O)NCC2. The number of hydrogen-bond donors (Lipinski definition) is 2. The summed E-state index contributed by atoms with van der Waals surface area (Å²) in [5, 5.41) is 2.74. The average molecular weight is 268 g/mol. The van der Waals surface area contributed by atoms with Gasteiger partial charge >= 0.3 is 0 Å². The third kappa shape index (κ3) is 2.81. The first-order chi connectivity index (χ1) is 8.52. The van der Waals surface area contributed by atoms with Gasteiger partial charge in [-0.15, -0.1) is 0 Å². The van der Waals surface area contributed by atoms with Crippen LogP contribution in [-0.4, -0.2) is 26.6 Å². The Morgan fingerprint density at radius 3 is 2.89 bits per heavy atom. The van der Waals surface area contributed by atoms with Gasteiger partial charge in [0.05, 0.1) is 5.75 Å². The summed E-state index contributed by atoms with van der Waals surface area (Å²) < 4.78 is 25.8. The first kappa shape index (κ1) is 12.9. The van der Waals surface area contributed by atoms with Gasteiger partial charge in [-0.1, -0.05) is 13.0 Å². The molecule has 6 heteroatoms. The van der Waals surface area contributed by atoms with Gasteiger partial charge < -0.3 is 5.32 Å². The molecule has 0 radical (unpaired) electrons. The molecule has 0 saturated heterocycles. The summed E-state index contributed by atoms with van der Waals surface area (Å²) in [6.07, 6.45) is 1.34. The molecule has 0 aromatic heterocycles. The summed E-state index contributed by atoms with van der Waals surface area (Å²) in [5.41, 5.74) is 1.95. The van der Waals surface area contributed by atoms with E-state index in [0.717, 1.165) is 12.0 Å². The molecule has 98 valence electrons. The third-order valence-corrected chi connectivity index (χ3v) is 4.27. The zero-order valence-corrected chi connectivity index (χ0v) is 11.0. The lowest BCUT2D eigenvalue weighted by Crippen LogP contribution is -2.31. The summed E-state index contributed by atoms with van der Waals surface area (Å²) in [6, 6.07) is 5.10. The molecule has 1 amide bonds. The minimum absolute atomic E-state index is 0.0796. The van der Waals surface area contributed by atoms with Crippen LogP contribution in [0.1, 0.15) is 29.3 Å². The zero-order valence-electron chi connectivity index (χ0n) is 10.2. The predicted octanol–water partition coefficient (Wildman–Crippen LogP) is 1.12. The monoisotopic (exact) mass is 268 g/mol. The highest BCUT2D eigenvalue weighted by Crippen LogP contribution is 2.20. The second-order valence-corrected chi connectivity index (χ2v) is 6.14. The maximum absolute atomic E-state index is 11.6. The van der Waals surface area contributed by atoms with Crippen LogP contribution in [0.5, 0.6) is 0 Å². The number of carbonyl (C=O) groups is 1. The highest BCUT2D eigenvalue weighted by atomic mass is 32.2. The molecule has 0 fully saturated rings. The summed E-state index contributed by atoms with van der Waals surface area (Å²) in [5.74, 6) is -0.0659. The van der Waals surface area contributed by atoms with Crippen molar-refractivity contribution in [1.29, 1.82) is 0 Å². The van der Waals surface area contributed by atoms with Crippen molar-refractivity contribution in [2.75, 3.05) is 17.0 Å². The third-order valence-electron chi connectivity index (χ3n) is 2.78.